The molecule has 0 atom stereocenters. The van der Waals surface area contributed by atoms with Crippen LogP contribution in [0.3, 0.4) is 0 Å². The number of amides is 1. The van der Waals surface area contributed by atoms with E-state index in [2.05, 4.69) is 4.57 Å². The highest BCUT2D eigenvalue weighted by Gasteiger charge is 2.16. The van der Waals surface area contributed by atoms with Gasteiger partial charge in [-0.25, -0.2) is 0 Å². The summed E-state index contributed by atoms with van der Waals surface area (Å²) in [6.07, 6.45) is 0.862. The zero-order chi connectivity index (χ0) is 16.1. The van der Waals surface area contributed by atoms with Crippen LogP contribution in [0.25, 0.3) is 11.3 Å². The van der Waals surface area contributed by atoms with Gasteiger partial charge in [-0.2, -0.15) is 0 Å². The summed E-state index contributed by atoms with van der Waals surface area (Å²) >= 11 is 0. The van der Waals surface area contributed by atoms with Crippen molar-refractivity contribution in [3.63, 3.8) is 0 Å². The molecule has 0 saturated carbocycles. The van der Waals surface area contributed by atoms with Crippen molar-refractivity contribution in [3.05, 3.63) is 41.6 Å². The normalized spacial score (nSPS) is 10.7. The van der Waals surface area contributed by atoms with Crippen LogP contribution in [0.1, 0.15) is 22.5 Å². The molecule has 2 rings (SSSR count). The fourth-order valence-corrected chi connectivity index (χ4v) is 2.57. The number of methoxy groups -OCH3 is 2. The zero-order valence-electron chi connectivity index (χ0n) is 13.3. The number of hydrogen-bond acceptors (Lipinski definition) is 3. The summed E-state index contributed by atoms with van der Waals surface area (Å²) in [6, 6.07) is 9.62. The molecule has 0 saturated heterocycles. The smallest absolute Gasteiger partial charge is 0.250 e. The van der Waals surface area contributed by atoms with Crippen molar-refractivity contribution in [2.45, 2.75) is 19.9 Å². The van der Waals surface area contributed by atoms with Crippen molar-refractivity contribution < 1.29 is 14.3 Å². The number of ether oxygens (including phenoxy) is 2. The first-order valence-corrected chi connectivity index (χ1v) is 7.21. The molecule has 1 heterocycles. The quantitative estimate of drug-likeness (QED) is 0.799. The van der Waals surface area contributed by atoms with Gasteiger partial charge in [0.1, 0.15) is 5.75 Å². The minimum absolute atomic E-state index is 0.410. The molecule has 118 valence electrons. The molecular weight excluding hydrogens is 280 g/mol. The Labute approximate surface area is 130 Å². The molecular formula is C17H22N2O3. The third-order valence-electron chi connectivity index (χ3n) is 3.73. The lowest BCUT2D eigenvalue weighted by molar-refractivity contribution is 0.0999. The number of nitrogens with two attached hydrogens (primary N) is 1. The Hall–Kier alpha value is -2.27. The van der Waals surface area contributed by atoms with Crippen molar-refractivity contribution in [2.75, 3.05) is 20.8 Å². The molecule has 0 aliphatic rings. The van der Waals surface area contributed by atoms with E-state index in [1.807, 2.05) is 37.3 Å². The van der Waals surface area contributed by atoms with E-state index < -0.39 is 5.91 Å². The van der Waals surface area contributed by atoms with Crippen LogP contribution in [0.2, 0.25) is 0 Å². The van der Waals surface area contributed by atoms with Gasteiger partial charge >= 0.3 is 0 Å². The fourth-order valence-electron chi connectivity index (χ4n) is 2.57. The van der Waals surface area contributed by atoms with Crippen LogP contribution in [0.15, 0.2) is 30.3 Å². The zero-order valence-corrected chi connectivity index (χ0v) is 13.3. The first-order chi connectivity index (χ1) is 10.6. The highest BCUT2D eigenvalue weighted by molar-refractivity contribution is 5.95. The van der Waals surface area contributed by atoms with E-state index in [0.717, 1.165) is 35.7 Å². The van der Waals surface area contributed by atoms with Crippen LogP contribution < -0.4 is 10.5 Å². The van der Waals surface area contributed by atoms with Crippen LogP contribution >= 0.6 is 0 Å². The number of rotatable bonds is 7. The van der Waals surface area contributed by atoms with Gasteiger partial charge < -0.3 is 19.8 Å². The number of aromatic nitrogens is 1. The molecule has 0 radical (unpaired) electrons. The maximum absolute atomic E-state index is 11.6. The predicted octanol–water partition coefficient (Wildman–Crippen LogP) is 2.61. The minimum Gasteiger partial charge on any atom is -0.497 e. The fraction of sp³-hybridized carbons (Fsp3) is 0.353. The van der Waals surface area contributed by atoms with Crippen molar-refractivity contribution in [2.24, 2.45) is 5.73 Å². The van der Waals surface area contributed by atoms with Crippen LogP contribution in [-0.2, 0) is 11.3 Å². The van der Waals surface area contributed by atoms with E-state index in [1.54, 1.807) is 14.2 Å². The molecule has 0 aliphatic heterocycles. The SMILES string of the molecule is COCCCn1c(-c2cccc(OC)c2)cc(C(N)=O)c1C. The van der Waals surface area contributed by atoms with Crippen molar-refractivity contribution in [3.8, 4) is 17.0 Å². The van der Waals surface area contributed by atoms with E-state index in [0.29, 0.717) is 12.2 Å². The number of primary amides is 1. The average molecular weight is 302 g/mol. The van der Waals surface area contributed by atoms with E-state index >= 15 is 0 Å². The number of carbonyl (C=O) groups is 1. The predicted molar refractivity (Wildman–Crippen MR) is 86.2 cm³/mol. The van der Waals surface area contributed by atoms with Crippen molar-refractivity contribution in [1.29, 1.82) is 0 Å². The number of benzene rings is 1. The summed E-state index contributed by atoms with van der Waals surface area (Å²) in [7, 11) is 3.32. The molecule has 1 aromatic heterocycles. The molecule has 1 amide bonds. The van der Waals surface area contributed by atoms with E-state index in [9.17, 15) is 4.79 Å². The Balaban J connectivity index is 2.47. The van der Waals surface area contributed by atoms with Gasteiger partial charge in [0.05, 0.1) is 12.7 Å². The van der Waals surface area contributed by atoms with Crippen LogP contribution in [0.4, 0.5) is 0 Å². The largest absolute Gasteiger partial charge is 0.497 e. The van der Waals surface area contributed by atoms with Gasteiger partial charge in [0, 0.05) is 37.2 Å². The summed E-state index contributed by atoms with van der Waals surface area (Å²) in [4.78, 5) is 11.6. The lowest BCUT2D eigenvalue weighted by Crippen LogP contribution is -2.13. The van der Waals surface area contributed by atoms with Gasteiger partial charge in [-0.1, -0.05) is 12.1 Å². The number of hydrogen-bond donors (Lipinski definition) is 1. The lowest BCUT2D eigenvalue weighted by atomic mass is 10.1. The van der Waals surface area contributed by atoms with Gasteiger partial charge in [0.15, 0.2) is 0 Å². The molecule has 1 aromatic carbocycles. The molecule has 0 fully saturated rings. The first-order valence-electron chi connectivity index (χ1n) is 7.21. The van der Waals surface area contributed by atoms with Gasteiger partial charge in [0.2, 0.25) is 0 Å². The van der Waals surface area contributed by atoms with Gasteiger partial charge in [-0.3, -0.25) is 4.79 Å². The standard InChI is InChI=1S/C17H22N2O3/c1-12-15(17(18)20)11-16(19(12)8-5-9-21-2)13-6-4-7-14(10-13)22-3/h4,6-7,10-11H,5,8-9H2,1-3H3,(H2,18,20). The van der Waals surface area contributed by atoms with Crippen LogP contribution in [0, 0.1) is 6.92 Å². The Morgan fingerprint density at radius 1 is 1.27 bits per heavy atom. The average Bonchev–Trinajstić information content (AvgIpc) is 2.85. The molecule has 5 nitrogen and oxygen atoms in total. The summed E-state index contributed by atoms with van der Waals surface area (Å²) in [5.41, 5.74) is 8.86. The Kier molecular flexibility index (Phi) is 5.22. The lowest BCUT2D eigenvalue weighted by Gasteiger charge is -2.12. The number of carbonyl (C=O) groups excluding carboxylic acids is 1. The molecule has 0 spiro atoms. The number of nitrogens with zero attached hydrogens (tertiary/aromatic N) is 1. The second-order valence-electron chi connectivity index (χ2n) is 5.12. The Morgan fingerprint density at radius 3 is 2.68 bits per heavy atom. The Morgan fingerprint density at radius 2 is 2.05 bits per heavy atom. The second kappa shape index (κ2) is 7.13. The maximum atomic E-state index is 11.6. The highest BCUT2D eigenvalue weighted by Crippen LogP contribution is 2.28. The Bertz CT molecular complexity index is 662. The summed E-state index contributed by atoms with van der Waals surface area (Å²) in [5.74, 6) is 0.368. The molecule has 5 heteroatoms. The first kappa shape index (κ1) is 16.1. The topological polar surface area (TPSA) is 66.5 Å². The van der Waals surface area contributed by atoms with Gasteiger partial charge in [0.25, 0.3) is 5.91 Å². The van der Waals surface area contributed by atoms with Crippen LogP contribution in [0.5, 0.6) is 5.75 Å². The van der Waals surface area contributed by atoms with E-state index in [-0.39, 0.29) is 0 Å². The summed E-state index contributed by atoms with van der Waals surface area (Å²) in [6.45, 7) is 3.34. The molecule has 0 aliphatic carbocycles. The third kappa shape index (κ3) is 3.31. The molecule has 2 aromatic rings. The molecule has 0 unspecified atom stereocenters. The highest BCUT2D eigenvalue weighted by atomic mass is 16.5. The van der Waals surface area contributed by atoms with E-state index in [1.165, 1.54) is 0 Å². The minimum atomic E-state index is -0.410. The molecule has 22 heavy (non-hydrogen) atoms. The third-order valence-corrected chi connectivity index (χ3v) is 3.73. The van der Waals surface area contributed by atoms with Gasteiger partial charge in [-0.15, -0.1) is 0 Å². The maximum Gasteiger partial charge on any atom is 0.250 e. The van der Waals surface area contributed by atoms with Crippen molar-refractivity contribution in [1.82, 2.24) is 4.57 Å². The molecule has 0 bridgehead atoms. The monoisotopic (exact) mass is 302 g/mol. The van der Waals surface area contributed by atoms with Gasteiger partial charge in [-0.05, 0) is 31.5 Å². The van der Waals surface area contributed by atoms with E-state index in [4.69, 9.17) is 15.2 Å². The summed E-state index contributed by atoms with van der Waals surface area (Å²) < 4.78 is 12.5. The second-order valence-corrected chi connectivity index (χ2v) is 5.12. The molecule has 2 N–H and O–H groups in total. The van der Waals surface area contributed by atoms with Crippen LogP contribution in [-0.4, -0.2) is 31.3 Å². The summed E-state index contributed by atoms with van der Waals surface area (Å²) in [5, 5.41) is 0. The van der Waals surface area contributed by atoms with Crippen molar-refractivity contribution >= 4 is 5.91 Å².